The first-order valence-electron chi connectivity index (χ1n) is 8.27. The van der Waals surface area contributed by atoms with Gasteiger partial charge in [0.15, 0.2) is 0 Å². The average Bonchev–Trinajstić information content (AvgIpc) is 2.41. The zero-order chi connectivity index (χ0) is 15.3. The van der Waals surface area contributed by atoms with Crippen molar-refractivity contribution in [3.8, 4) is 0 Å². The Morgan fingerprint density at radius 3 is 1.75 bits per heavy atom. The van der Waals surface area contributed by atoms with Crippen LogP contribution in [0.1, 0.15) is 84.5 Å². The van der Waals surface area contributed by atoms with Crippen LogP contribution in [0.3, 0.4) is 0 Å². The van der Waals surface area contributed by atoms with Gasteiger partial charge in [0.05, 0.1) is 0 Å². The molecule has 0 aliphatic carbocycles. The number of aliphatic hydroxyl groups is 1. The highest BCUT2D eigenvalue weighted by atomic mass is 16.4. The van der Waals surface area contributed by atoms with E-state index in [-0.39, 0.29) is 6.42 Å². The molecule has 0 amide bonds. The minimum atomic E-state index is -1.74. The maximum atomic E-state index is 11.0. The van der Waals surface area contributed by atoms with Crippen molar-refractivity contribution >= 4 is 5.97 Å². The van der Waals surface area contributed by atoms with Crippen LogP contribution in [0.4, 0.5) is 0 Å². The van der Waals surface area contributed by atoms with Crippen LogP contribution in [0.2, 0.25) is 0 Å². The molecule has 0 aliphatic heterocycles. The molecule has 0 aromatic heterocycles. The number of rotatable bonds is 14. The molecular formula is C16H33NO3. The Labute approximate surface area is 124 Å². The topological polar surface area (TPSA) is 69.6 Å². The SMILES string of the molecule is CCCCCCCCCCCCC(O)(NCC)C(=O)O. The maximum absolute atomic E-state index is 11.0. The molecule has 0 aromatic carbocycles. The summed E-state index contributed by atoms with van der Waals surface area (Å²) in [6.07, 6.45) is 12.3. The highest BCUT2D eigenvalue weighted by molar-refractivity contribution is 5.76. The number of carboxylic acids is 1. The van der Waals surface area contributed by atoms with E-state index in [4.69, 9.17) is 5.11 Å². The van der Waals surface area contributed by atoms with Crippen molar-refractivity contribution in [1.82, 2.24) is 5.32 Å². The van der Waals surface area contributed by atoms with Gasteiger partial charge in [-0.25, -0.2) is 4.79 Å². The van der Waals surface area contributed by atoms with Crippen molar-refractivity contribution in [3.63, 3.8) is 0 Å². The first-order valence-corrected chi connectivity index (χ1v) is 8.27. The second kappa shape index (κ2) is 12.2. The standard InChI is InChI=1S/C16H33NO3/c1-3-5-6-7-8-9-10-11-12-13-14-16(20,15(18)19)17-4-2/h17,20H,3-14H2,1-2H3,(H,18,19). The summed E-state index contributed by atoms with van der Waals surface area (Å²) < 4.78 is 0. The van der Waals surface area contributed by atoms with Crippen LogP contribution in [0.5, 0.6) is 0 Å². The van der Waals surface area contributed by atoms with Gasteiger partial charge in [-0.15, -0.1) is 0 Å². The van der Waals surface area contributed by atoms with Gasteiger partial charge in [-0.2, -0.15) is 0 Å². The maximum Gasteiger partial charge on any atom is 0.351 e. The molecule has 0 heterocycles. The number of likely N-dealkylation sites (N-methyl/N-ethyl adjacent to an activating group) is 1. The molecule has 4 nitrogen and oxygen atoms in total. The summed E-state index contributed by atoms with van der Waals surface area (Å²) in [6, 6.07) is 0. The van der Waals surface area contributed by atoms with Gasteiger partial charge >= 0.3 is 5.97 Å². The van der Waals surface area contributed by atoms with Gasteiger partial charge in [0.25, 0.3) is 0 Å². The Morgan fingerprint density at radius 2 is 1.35 bits per heavy atom. The quantitative estimate of drug-likeness (QED) is 0.337. The van der Waals surface area contributed by atoms with Gasteiger partial charge in [0.2, 0.25) is 5.72 Å². The van der Waals surface area contributed by atoms with Crippen molar-refractivity contribution in [3.05, 3.63) is 0 Å². The predicted molar refractivity (Wildman–Crippen MR) is 82.7 cm³/mol. The van der Waals surface area contributed by atoms with E-state index < -0.39 is 11.7 Å². The zero-order valence-corrected chi connectivity index (χ0v) is 13.3. The van der Waals surface area contributed by atoms with Crippen LogP contribution in [0, 0.1) is 0 Å². The summed E-state index contributed by atoms with van der Waals surface area (Å²) in [5, 5.41) is 21.5. The molecule has 0 aromatic rings. The molecule has 0 spiro atoms. The number of nitrogens with one attached hydrogen (secondary N) is 1. The molecule has 3 N–H and O–H groups in total. The van der Waals surface area contributed by atoms with Crippen molar-refractivity contribution in [2.24, 2.45) is 0 Å². The minimum Gasteiger partial charge on any atom is -0.478 e. The molecule has 0 rings (SSSR count). The highest BCUT2D eigenvalue weighted by Gasteiger charge is 2.33. The van der Waals surface area contributed by atoms with E-state index in [0.29, 0.717) is 6.54 Å². The van der Waals surface area contributed by atoms with Crippen LogP contribution in [0.15, 0.2) is 0 Å². The highest BCUT2D eigenvalue weighted by Crippen LogP contribution is 2.15. The molecule has 4 heteroatoms. The van der Waals surface area contributed by atoms with Gasteiger partial charge in [-0.05, 0) is 13.0 Å². The van der Waals surface area contributed by atoms with Gasteiger partial charge in [0, 0.05) is 6.42 Å². The van der Waals surface area contributed by atoms with E-state index in [2.05, 4.69) is 12.2 Å². The number of hydrogen-bond donors (Lipinski definition) is 3. The fourth-order valence-corrected chi connectivity index (χ4v) is 2.43. The van der Waals surface area contributed by atoms with Crippen molar-refractivity contribution in [1.29, 1.82) is 0 Å². The number of carbonyl (C=O) groups is 1. The summed E-state index contributed by atoms with van der Waals surface area (Å²) in [6.45, 7) is 4.48. The molecule has 0 bridgehead atoms. The molecule has 0 saturated heterocycles. The number of aliphatic carboxylic acids is 1. The lowest BCUT2D eigenvalue weighted by atomic mass is 10.0. The Hall–Kier alpha value is -0.610. The van der Waals surface area contributed by atoms with E-state index in [1.165, 1.54) is 44.9 Å². The smallest absolute Gasteiger partial charge is 0.351 e. The number of hydrogen-bond acceptors (Lipinski definition) is 3. The predicted octanol–water partition coefficient (Wildman–Crippen LogP) is 3.68. The molecule has 0 saturated carbocycles. The third-order valence-electron chi connectivity index (χ3n) is 3.72. The summed E-state index contributed by atoms with van der Waals surface area (Å²) in [5.41, 5.74) is -1.74. The van der Waals surface area contributed by atoms with Crippen LogP contribution in [-0.4, -0.2) is 28.5 Å². The normalized spacial score (nSPS) is 14.2. The van der Waals surface area contributed by atoms with Crippen LogP contribution >= 0.6 is 0 Å². The fraction of sp³-hybridized carbons (Fsp3) is 0.938. The van der Waals surface area contributed by atoms with E-state index in [1.54, 1.807) is 6.92 Å². The van der Waals surface area contributed by atoms with Gasteiger partial charge in [0.1, 0.15) is 0 Å². The Morgan fingerprint density at radius 1 is 0.900 bits per heavy atom. The second-order valence-corrected chi connectivity index (χ2v) is 5.63. The first-order chi connectivity index (χ1) is 9.56. The summed E-state index contributed by atoms with van der Waals surface area (Å²) >= 11 is 0. The summed E-state index contributed by atoms with van der Waals surface area (Å²) in [5.74, 6) is -1.17. The van der Waals surface area contributed by atoms with E-state index in [0.717, 1.165) is 19.3 Å². The molecule has 0 radical (unpaired) electrons. The Balaban J connectivity index is 3.48. The lowest BCUT2D eigenvalue weighted by Gasteiger charge is -2.23. The Kier molecular flexibility index (Phi) is 11.8. The fourth-order valence-electron chi connectivity index (χ4n) is 2.43. The largest absolute Gasteiger partial charge is 0.478 e. The van der Waals surface area contributed by atoms with E-state index in [9.17, 15) is 9.90 Å². The van der Waals surface area contributed by atoms with Gasteiger partial charge in [-0.3, -0.25) is 5.32 Å². The zero-order valence-electron chi connectivity index (χ0n) is 13.3. The average molecular weight is 287 g/mol. The van der Waals surface area contributed by atoms with Crippen LogP contribution in [-0.2, 0) is 4.79 Å². The number of carboxylic acid groups (broad SMARTS) is 1. The van der Waals surface area contributed by atoms with Crippen LogP contribution < -0.4 is 5.32 Å². The molecule has 1 unspecified atom stereocenters. The lowest BCUT2D eigenvalue weighted by molar-refractivity contribution is -0.163. The van der Waals surface area contributed by atoms with Crippen molar-refractivity contribution in [2.45, 2.75) is 90.2 Å². The third-order valence-corrected chi connectivity index (χ3v) is 3.72. The van der Waals surface area contributed by atoms with Crippen molar-refractivity contribution < 1.29 is 15.0 Å². The second-order valence-electron chi connectivity index (χ2n) is 5.63. The molecule has 120 valence electrons. The van der Waals surface area contributed by atoms with E-state index in [1.807, 2.05) is 0 Å². The monoisotopic (exact) mass is 287 g/mol. The molecule has 20 heavy (non-hydrogen) atoms. The molecule has 1 atom stereocenters. The lowest BCUT2D eigenvalue weighted by Crippen LogP contribution is -2.51. The molecular weight excluding hydrogens is 254 g/mol. The summed E-state index contributed by atoms with van der Waals surface area (Å²) in [4.78, 5) is 11.0. The third kappa shape index (κ3) is 9.32. The minimum absolute atomic E-state index is 0.284. The van der Waals surface area contributed by atoms with Crippen LogP contribution in [0.25, 0.3) is 0 Å². The summed E-state index contributed by atoms with van der Waals surface area (Å²) in [7, 11) is 0. The molecule has 0 fully saturated rings. The van der Waals surface area contributed by atoms with E-state index >= 15 is 0 Å². The number of unbranched alkanes of at least 4 members (excludes halogenated alkanes) is 9. The van der Waals surface area contributed by atoms with Gasteiger partial charge < -0.3 is 10.2 Å². The van der Waals surface area contributed by atoms with Gasteiger partial charge in [-0.1, -0.05) is 71.6 Å². The van der Waals surface area contributed by atoms with Crippen molar-refractivity contribution in [2.75, 3.05) is 6.54 Å². The molecule has 0 aliphatic rings. The Bertz CT molecular complexity index is 246. The first kappa shape index (κ1) is 19.4.